The van der Waals surface area contributed by atoms with Gasteiger partial charge < -0.3 is 9.67 Å². The summed E-state index contributed by atoms with van der Waals surface area (Å²) in [7, 11) is 0. The molecular weight excluding hydrogens is 195 g/mol. The molecule has 1 unspecified atom stereocenters. The van der Waals surface area contributed by atoms with Crippen molar-refractivity contribution in [3.05, 3.63) is 23.5 Å². The van der Waals surface area contributed by atoms with Crippen molar-refractivity contribution in [3.63, 3.8) is 0 Å². The molecule has 0 aliphatic carbocycles. The fourth-order valence-corrected chi connectivity index (χ4v) is 1.26. The molecule has 0 saturated carbocycles. The average Bonchev–Trinajstić information content (AvgIpc) is 2.34. The van der Waals surface area contributed by atoms with Gasteiger partial charge in [0, 0.05) is 11.4 Å². The van der Waals surface area contributed by atoms with Gasteiger partial charge in [0.05, 0.1) is 6.54 Å². The van der Waals surface area contributed by atoms with E-state index in [0.717, 1.165) is 0 Å². The van der Waals surface area contributed by atoms with Crippen LogP contribution in [0.25, 0.3) is 0 Å². The lowest BCUT2D eigenvalue weighted by Gasteiger charge is -2.17. The van der Waals surface area contributed by atoms with Crippen molar-refractivity contribution in [2.24, 2.45) is 0 Å². The van der Waals surface area contributed by atoms with Crippen molar-refractivity contribution in [2.75, 3.05) is 0 Å². The van der Waals surface area contributed by atoms with E-state index < -0.39 is 18.8 Å². The molecule has 0 amide bonds. The van der Waals surface area contributed by atoms with E-state index in [1.807, 2.05) is 0 Å². The first-order valence-corrected chi connectivity index (χ1v) is 4.20. The van der Waals surface area contributed by atoms with Crippen LogP contribution in [0.3, 0.4) is 0 Å². The minimum absolute atomic E-state index is 0.436. The van der Waals surface area contributed by atoms with Crippen molar-refractivity contribution in [3.8, 4) is 0 Å². The number of hydrogen-bond acceptors (Lipinski definition) is 1. The van der Waals surface area contributed by atoms with Crippen molar-refractivity contribution in [2.45, 2.75) is 32.7 Å². The van der Waals surface area contributed by atoms with Crippen molar-refractivity contribution < 1.29 is 18.3 Å². The maximum Gasteiger partial charge on any atom is 0.416 e. The van der Waals surface area contributed by atoms with Crippen LogP contribution in [0.5, 0.6) is 0 Å². The van der Waals surface area contributed by atoms with Gasteiger partial charge in [0.1, 0.15) is 0 Å². The van der Waals surface area contributed by atoms with Gasteiger partial charge >= 0.3 is 6.18 Å². The molecule has 1 atom stereocenters. The highest BCUT2D eigenvalue weighted by Gasteiger charge is 2.38. The first-order valence-electron chi connectivity index (χ1n) is 4.20. The molecule has 1 heterocycles. The molecule has 14 heavy (non-hydrogen) atoms. The van der Waals surface area contributed by atoms with Gasteiger partial charge in [-0.1, -0.05) is 0 Å². The molecule has 1 N–H and O–H groups in total. The number of aromatic nitrogens is 1. The molecule has 0 radical (unpaired) electrons. The maximum atomic E-state index is 12.0. The molecule has 0 aliphatic rings. The highest BCUT2D eigenvalue weighted by molar-refractivity contribution is 5.13. The zero-order valence-electron chi connectivity index (χ0n) is 7.97. The fourth-order valence-electron chi connectivity index (χ4n) is 1.26. The van der Waals surface area contributed by atoms with E-state index in [4.69, 9.17) is 5.11 Å². The Bertz CT molecular complexity index is 297. The lowest BCUT2D eigenvalue weighted by Crippen LogP contribution is -2.33. The van der Waals surface area contributed by atoms with E-state index in [0.29, 0.717) is 11.4 Å². The van der Waals surface area contributed by atoms with Gasteiger partial charge in [-0.2, -0.15) is 13.2 Å². The van der Waals surface area contributed by atoms with Gasteiger partial charge in [-0.3, -0.25) is 0 Å². The highest BCUT2D eigenvalue weighted by atomic mass is 19.4. The highest BCUT2D eigenvalue weighted by Crippen LogP contribution is 2.22. The fraction of sp³-hybridized carbons (Fsp3) is 0.556. The number of aliphatic hydroxyl groups excluding tert-OH is 1. The third kappa shape index (κ3) is 2.29. The minimum atomic E-state index is -4.55. The van der Waals surface area contributed by atoms with E-state index in [2.05, 4.69) is 0 Å². The van der Waals surface area contributed by atoms with Crippen molar-refractivity contribution in [1.82, 2.24) is 4.57 Å². The van der Waals surface area contributed by atoms with Gasteiger partial charge in [0.25, 0.3) is 0 Å². The summed E-state index contributed by atoms with van der Waals surface area (Å²) in [6.07, 6.45) is -6.85. The normalized spacial score (nSPS) is 14.4. The van der Waals surface area contributed by atoms with Crippen molar-refractivity contribution >= 4 is 0 Å². The lowest BCUT2D eigenvalue weighted by molar-refractivity contribution is -0.207. The SMILES string of the molecule is Cc1ccc(C)n1CC(O)C(F)(F)F. The second-order valence-electron chi connectivity index (χ2n) is 3.28. The summed E-state index contributed by atoms with van der Waals surface area (Å²) in [6.45, 7) is 2.97. The lowest BCUT2D eigenvalue weighted by atomic mass is 10.3. The Morgan fingerprint density at radius 1 is 1.29 bits per heavy atom. The summed E-state index contributed by atoms with van der Waals surface area (Å²) in [5, 5.41) is 8.86. The Balaban J connectivity index is 2.79. The van der Waals surface area contributed by atoms with E-state index in [1.54, 1.807) is 26.0 Å². The molecule has 1 aromatic heterocycles. The zero-order valence-corrected chi connectivity index (χ0v) is 7.97. The molecule has 80 valence electrons. The monoisotopic (exact) mass is 207 g/mol. The molecule has 5 heteroatoms. The topological polar surface area (TPSA) is 25.2 Å². The van der Waals surface area contributed by atoms with Gasteiger partial charge in [0.2, 0.25) is 0 Å². The number of halogens is 3. The number of alkyl halides is 3. The van der Waals surface area contributed by atoms with Gasteiger partial charge in [0.15, 0.2) is 6.10 Å². The third-order valence-electron chi connectivity index (χ3n) is 2.15. The van der Waals surface area contributed by atoms with Crippen LogP contribution in [0.4, 0.5) is 13.2 Å². The molecule has 0 fully saturated rings. The van der Waals surface area contributed by atoms with Crippen LogP contribution in [-0.2, 0) is 6.54 Å². The quantitative estimate of drug-likeness (QED) is 0.788. The Morgan fingerprint density at radius 2 is 1.71 bits per heavy atom. The van der Waals surface area contributed by atoms with Crippen LogP contribution in [0.1, 0.15) is 11.4 Å². The molecule has 0 aliphatic heterocycles. The van der Waals surface area contributed by atoms with Gasteiger partial charge in [-0.05, 0) is 26.0 Å². The second-order valence-corrected chi connectivity index (χ2v) is 3.28. The molecule has 1 aromatic rings. The largest absolute Gasteiger partial charge is 0.416 e. The Labute approximate surface area is 80.0 Å². The van der Waals surface area contributed by atoms with E-state index in [1.165, 1.54) is 4.57 Å². The predicted octanol–water partition coefficient (Wildman–Crippen LogP) is 2.03. The summed E-state index contributed by atoms with van der Waals surface area (Å²) in [5.41, 5.74) is 1.43. The number of aryl methyl sites for hydroxylation is 2. The number of aliphatic hydroxyl groups is 1. The van der Waals surface area contributed by atoms with Crippen LogP contribution < -0.4 is 0 Å². The number of hydrogen-bond donors (Lipinski definition) is 1. The first-order chi connectivity index (χ1) is 6.32. The van der Waals surface area contributed by atoms with Crippen LogP contribution >= 0.6 is 0 Å². The summed E-state index contributed by atoms with van der Waals surface area (Å²) in [4.78, 5) is 0. The van der Waals surface area contributed by atoms with E-state index in [-0.39, 0.29) is 0 Å². The molecule has 1 rings (SSSR count). The Morgan fingerprint density at radius 3 is 2.07 bits per heavy atom. The minimum Gasteiger partial charge on any atom is -0.382 e. The average molecular weight is 207 g/mol. The van der Waals surface area contributed by atoms with Crippen LogP contribution in [0.15, 0.2) is 12.1 Å². The Hall–Kier alpha value is -0.970. The summed E-state index contributed by atoms with van der Waals surface area (Å²) in [5.74, 6) is 0. The second kappa shape index (κ2) is 3.65. The molecular formula is C9H12F3NO. The smallest absolute Gasteiger partial charge is 0.382 e. The molecule has 2 nitrogen and oxygen atoms in total. The number of nitrogens with zero attached hydrogens (tertiary/aromatic N) is 1. The van der Waals surface area contributed by atoms with Crippen LogP contribution in [0.2, 0.25) is 0 Å². The van der Waals surface area contributed by atoms with Crippen molar-refractivity contribution in [1.29, 1.82) is 0 Å². The Kier molecular flexibility index (Phi) is 2.89. The summed E-state index contributed by atoms with van der Waals surface area (Å²) >= 11 is 0. The van der Waals surface area contributed by atoms with Crippen LogP contribution in [0, 0.1) is 13.8 Å². The summed E-state index contributed by atoms with van der Waals surface area (Å²) in [6, 6.07) is 3.44. The third-order valence-corrected chi connectivity index (χ3v) is 2.15. The first kappa shape index (κ1) is 11.1. The molecule has 0 spiro atoms. The van der Waals surface area contributed by atoms with E-state index >= 15 is 0 Å². The zero-order chi connectivity index (χ0) is 10.9. The van der Waals surface area contributed by atoms with E-state index in [9.17, 15) is 13.2 Å². The molecule has 0 bridgehead atoms. The summed E-state index contributed by atoms with van der Waals surface area (Å²) < 4.78 is 37.6. The number of rotatable bonds is 2. The van der Waals surface area contributed by atoms with Gasteiger partial charge in [-0.25, -0.2) is 0 Å². The molecule has 0 saturated heterocycles. The van der Waals surface area contributed by atoms with Gasteiger partial charge in [-0.15, -0.1) is 0 Å². The molecule has 0 aromatic carbocycles. The predicted molar refractivity (Wildman–Crippen MR) is 46.0 cm³/mol. The maximum absolute atomic E-state index is 12.0. The standard InChI is InChI=1S/C9H12F3NO/c1-6-3-4-7(2)13(6)5-8(14)9(10,11)12/h3-4,8,14H,5H2,1-2H3. The van der Waals surface area contributed by atoms with Crippen LogP contribution in [-0.4, -0.2) is 22.0 Å².